The number of hydrogen-bond donors (Lipinski definition) is 1. The summed E-state index contributed by atoms with van der Waals surface area (Å²) in [5.41, 5.74) is 0. The number of halogens is 3. The van der Waals surface area contributed by atoms with Crippen molar-refractivity contribution in [3.63, 3.8) is 0 Å². The van der Waals surface area contributed by atoms with E-state index < -0.39 is 17.7 Å². The Bertz CT molecular complexity index is 337. The molecule has 3 nitrogen and oxygen atoms in total. The van der Waals surface area contributed by atoms with Crippen molar-refractivity contribution in [1.82, 2.24) is 0 Å². The predicted molar refractivity (Wildman–Crippen MR) is 57.4 cm³/mol. The second-order valence-corrected chi connectivity index (χ2v) is 3.97. The van der Waals surface area contributed by atoms with Gasteiger partial charge in [-0.2, -0.15) is 0 Å². The number of rotatable bonds is 5. The summed E-state index contributed by atoms with van der Waals surface area (Å²) in [6.07, 6.45) is -0.860. The van der Waals surface area contributed by atoms with E-state index in [-0.39, 0.29) is 23.4 Å². The van der Waals surface area contributed by atoms with Crippen LogP contribution in [-0.4, -0.2) is 31.5 Å². The molecule has 0 unspecified atom stereocenters. The van der Waals surface area contributed by atoms with Crippen LogP contribution in [0, 0.1) is 11.6 Å². The molecule has 0 aliphatic carbocycles. The Hall–Kier alpha value is -0.720. The summed E-state index contributed by atoms with van der Waals surface area (Å²) in [4.78, 5) is 0. The van der Waals surface area contributed by atoms with E-state index in [0.29, 0.717) is 6.07 Å². The fourth-order valence-corrected chi connectivity index (χ4v) is 1.61. The Morgan fingerprint density at radius 2 is 2.06 bits per heavy atom. The van der Waals surface area contributed by atoms with E-state index in [1.165, 1.54) is 7.11 Å². The van der Waals surface area contributed by atoms with E-state index in [0.717, 1.165) is 6.07 Å². The van der Waals surface area contributed by atoms with Gasteiger partial charge in [0.15, 0.2) is 11.6 Å². The molecular formula is C10H11BrF2O3. The molecule has 0 radical (unpaired) electrons. The van der Waals surface area contributed by atoms with Crippen LogP contribution < -0.4 is 4.74 Å². The van der Waals surface area contributed by atoms with Crippen molar-refractivity contribution >= 4 is 15.9 Å². The zero-order valence-corrected chi connectivity index (χ0v) is 10.1. The van der Waals surface area contributed by atoms with Crippen LogP contribution in [-0.2, 0) is 4.74 Å². The van der Waals surface area contributed by atoms with Gasteiger partial charge in [0.25, 0.3) is 0 Å². The van der Waals surface area contributed by atoms with E-state index in [1.807, 2.05) is 0 Å². The van der Waals surface area contributed by atoms with Crippen molar-refractivity contribution < 1.29 is 23.4 Å². The van der Waals surface area contributed by atoms with E-state index >= 15 is 0 Å². The smallest absolute Gasteiger partial charge is 0.169 e. The van der Waals surface area contributed by atoms with E-state index in [4.69, 9.17) is 4.74 Å². The van der Waals surface area contributed by atoms with Gasteiger partial charge in [-0.1, -0.05) is 0 Å². The third-order valence-corrected chi connectivity index (χ3v) is 2.33. The molecule has 0 saturated carbocycles. The number of hydrogen-bond acceptors (Lipinski definition) is 3. The number of methoxy groups -OCH3 is 1. The van der Waals surface area contributed by atoms with Gasteiger partial charge in [-0.15, -0.1) is 0 Å². The molecule has 0 saturated heterocycles. The summed E-state index contributed by atoms with van der Waals surface area (Å²) in [6, 6.07) is 1.80. The average molecular weight is 297 g/mol. The quantitative estimate of drug-likeness (QED) is 0.904. The van der Waals surface area contributed by atoms with Gasteiger partial charge in [-0.25, -0.2) is 8.78 Å². The van der Waals surface area contributed by atoms with E-state index in [1.54, 1.807) is 0 Å². The number of benzene rings is 1. The molecule has 1 aromatic rings. The highest BCUT2D eigenvalue weighted by atomic mass is 79.9. The summed E-state index contributed by atoms with van der Waals surface area (Å²) in [5.74, 6) is -1.65. The Balaban J connectivity index is 2.67. The van der Waals surface area contributed by atoms with Crippen LogP contribution in [0.25, 0.3) is 0 Å². The van der Waals surface area contributed by atoms with Crippen LogP contribution in [0.2, 0.25) is 0 Å². The van der Waals surface area contributed by atoms with Crippen molar-refractivity contribution in [2.24, 2.45) is 0 Å². The third-order valence-electron chi connectivity index (χ3n) is 1.74. The number of ether oxygens (including phenoxy) is 2. The molecule has 0 heterocycles. The third kappa shape index (κ3) is 3.70. The molecule has 1 rings (SSSR count). The summed E-state index contributed by atoms with van der Waals surface area (Å²) in [6.45, 7) is -0.0462. The summed E-state index contributed by atoms with van der Waals surface area (Å²) in [7, 11) is 1.43. The normalized spacial score (nSPS) is 12.6. The molecule has 0 fully saturated rings. The second kappa shape index (κ2) is 6.12. The first-order valence-corrected chi connectivity index (χ1v) is 5.28. The van der Waals surface area contributed by atoms with Crippen LogP contribution in [0.3, 0.4) is 0 Å². The molecule has 1 aromatic carbocycles. The monoisotopic (exact) mass is 296 g/mol. The standard InChI is InChI=1S/C10H11BrF2O3/c1-15-4-7(14)5-16-10-8(11)2-6(12)3-9(10)13/h2-3,7,14H,4-5H2,1H3/t7-/m1/s1. The Labute approximate surface area is 100 Å². The zero-order valence-electron chi connectivity index (χ0n) is 8.54. The van der Waals surface area contributed by atoms with Gasteiger partial charge >= 0.3 is 0 Å². The van der Waals surface area contributed by atoms with E-state index in [2.05, 4.69) is 20.7 Å². The number of aliphatic hydroxyl groups excluding tert-OH is 1. The molecule has 0 spiro atoms. The van der Waals surface area contributed by atoms with Crippen LogP contribution >= 0.6 is 15.9 Å². The minimum absolute atomic E-state index is 0.0838. The van der Waals surface area contributed by atoms with E-state index in [9.17, 15) is 13.9 Å². The molecule has 0 aromatic heterocycles. The first-order chi connectivity index (χ1) is 7.54. The lowest BCUT2D eigenvalue weighted by Crippen LogP contribution is -2.23. The fraction of sp³-hybridized carbons (Fsp3) is 0.400. The van der Waals surface area contributed by atoms with Crippen LogP contribution in [0.4, 0.5) is 8.78 Å². The average Bonchev–Trinajstić information content (AvgIpc) is 2.16. The topological polar surface area (TPSA) is 38.7 Å². The highest BCUT2D eigenvalue weighted by Crippen LogP contribution is 2.29. The molecule has 0 aliphatic rings. The molecule has 16 heavy (non-hydrogen) atoms. The lowest BCUT2D eigenvalue weighted by atomic mass is 10.3. The fourth-order valence-electron chi connectivity index (χ4n) is 1.09. The van der Waals surface area contributed by atoms with Crippen LogP contribution in [0.1, 0.15) is 0 Å². The van der Waals surface area contributed by atoms with Crippen molar-refractivity contribution in [2.75, 3.05) is 20.3 Å². The predicted octanol–water partition coefficient (Wildman–Crippen LogP) is 2.11. The van der Waals surface area contributed by atoms with Gasteiger partial charge in [0.1, 0.15) is 18.5 Å². The largest absolute Gasteiger partial charge is 0.487 e. The second-order valence-electron chi connectivity index (χ2n) is 3.12. The van der Waals surface area contributed by atoms with Crippen LogP contribution in [0.5, 0.6) is 5.75 Å². The molecular weight excluding hydrogens is 286 g/mol. The minimum atomic E-state index is -0.860. The summed E-state index contributed by atoms with van der Waals surface area (Å²) < 4.78 is 35.8. The van der Waals surface area contributed by atoms with Gasteiger partial charge in [0, 0.05) is 13.2 Å². The van der Waals surface area contributed by atoms with Crippen molar-refractivity contribution in [3.8, 4) is 5.75 Å². The SMILES string of the molecule is COC[C@@H](O)COc1c(F)cc(F)cc1Br. The molecule has 1 N–H and O–H groups in total. The minimum Gasteiger partial charge on any atom is -0.487 e. The summed E-state index contributed by atoms with van der Waals surface area (Å²) >= 11 is 2.97. The highest BCUT2D eigenvalue weighted by molar-refractivity contribution is 9.10. The molecule has 6 heteroatoms. The molecule has 1 atom stereocenters. The maximum absolute atomic E-state index is 13.2. The Kier molecular flexibility index (Phi) is 5.11. The lowest BCUT2D eigenvalue weighted by Gasteiger charge is -2.13. The van der Waals surface area contributed by atoms with Crippen molar-refractivity contribution in [1.29, 1.82) is 0 Å². The first kappa shape index (κ1) is 13.3. The number of aliphatic hydroxyl groups is 1. The molecule has 0 amide bonds. The van der Waals surface area contributed by atoms with Gasteiger partial charge in [0.05, 0.1) is 11.1 Å². The first-order valence-electron chi connectivity index (χ1n) is 4.49. The highest BCUT2D eigenvalue weighted by Gasteiger charge is 2.13. The molecule has 0 aliphatic heterocycles. The molecule has 90 valence electrons. The van der Waals surface area contributed by atoms with Gasteiger partial charge in [-0.3, -0.25) is 0 Å². The van der Waals surface area contributed by atoms with Gasteiger partial charge in [0.2, 0.25) is 0 Å². The molecule has 0 bridgehead atoms. The van der Waals surface area contributed by atoms with Gasteiger partial charge in [-0.05, 0) is 22.0 Å². The maximum Gasteiger partial charge on any atom is 0.169 e. The van der Waals surface area contributed by atoms with Crippen molar-refractivity contribution in [3.05, 3.63) is 28.2 Å². The summed E-state index contributed by atoms with van der Waals surface area (Å²) in [5, 5.41) is 9.29. The van der Waals surface area contributed by atoms with Gasteiger partial charge < -0.3 is 14.6 Å². The Morgan fingerprint density at radius 3 is 2.62 bits per heavy atom. The lowest BCUT2D eigenvalue weighted by molar-refractivity contribution is 0.0314. The Morgan fingerprint density at radius 1 is 1.38 bits per heavy atom. The zero-order chi connectivity index (χ0) is 12.1. The van der Waals surface area contributed by atoms with Crippen molar-refractivity contribution in [2.45, 2.75) is 6.10 Å². The maximum atomic E-state index is 13.2. The van der Waals surface area contributed by atoms with Crippen LogP contribution in [0.15, 0.2) is 16.6 Å².